The van der Waals surface area contributed by atoms with Crippen molar-refractivity contribution in [3.05, 3.63) is 64.1 Å². The van der Waals surface area contributed by atoms with Crippen molar-refractivity contribution in [3.63, 3.8) is 0 Å². The van der Waals surface area contributed by atoms with Crippen molar-refractivity contribution in [2.24, 2.45) is 5.92 Å². The summed E-state index contributed by atoms with van der Waals surface area (Å²) in [6.45, 7) is 4.67. The number of carbonyl (C=O) groups excluding carboxylic acids is 1. The van der Waals surface area contributed by atoms with E-state index in [1.807, 2.05) is 0 Å². The lowest BCUT2D eigenvalue weighted by Crippen LogP contribution is -2.99. The lowest BCUT2D eigenvalue weighted by Gasteiger charge is -2.31. The number of nitrogens with zero attached hydrogens (tertiary/aromatic N) is 1. The largest absolute Gasteiger partial charge is 0.595 e. The Morgan fingerprint density at radius 1 is 1.28 bits per heavy atom. The van der Waals surface area contributed by atoms with Crippen LogP contribution in [-0.2, 0) is 6.54 Å². The number of hydrogen-bond donors (Lipinski definition) is 3. The van der Waals surface area contributed by atoms with Crippen LogP contribution in [0.1, 0.15) is 41.3 Å². The number of piperidine rings is 1. The van der Waals surface area contributed by atoms with Crippen LogP contribution in [0.3, 0.4) is 0 Å². The van der Waals surface area contributed by atoms with Gasteiger partial charge in [0.25, 0.3) is 0 Å². The maximum atomic E-state index is 12.8. The highest BCUT2D eigenvalue weighted by atomic mass is 16.8. The molecule has 7 heteroatoms. The first-order valence-electron chi connectivity index (χ1n) is 9.77. The monoisotopic (exact) mass is 396 g/mol. The minimum atomic E-state index is -1.00. The molecule has 0 bridgehead atoms. The number of fused-ring (bicyclic) bond motifs is 1. The molecule has 0 amide bonds. The van der Waals surface area contributed by atoms with Crippen LogP contribution in [0.5, 0.6) is 11.5 Å². The third kappa shape index (κ3) is 4.04. The van der Waals surface area contributed by atoms with Crippen LogP contribution in [-0.4, -0.2) is 34.1 Å². The van der Waals surface area contributed by atoms with Crippen molar-refractivity contribution in [2.45, 2.75) is 26.3 Å². The number of benzene rings is 2. The van der Waals surface area contributed by atoms with Gasteiger partial charge in [-0.05, 0) is 61.2 Å². The van der Waals surface area contributed by atoms with Gasteiger partial charge in [0.2, 0.25) is 5.78 Å². The number of hydrogen-bond acceptors (Lipinski definition) is 6. The van der Waals surface area contributed by atoms with Crippen LogP contribution < -0.4 is 9.96 Å². The first-order valence-corrected chi connectivity index (χ1v) is 9.77. The summed E-state index contributed by atoms with van der Waals surface area (Å²) in [5.41, 5.74) is 1.92. The van der Waals surface area contributed by atoms with Crippen molar-refractivity contribution in [2.75, 3.05) is 13.1 Å². The van der Waals surface area contributed by atoms with Gasteiger partial charge in [0.05, 0.1) is 11.1 Å². The highest BCUT2D eigenvalue weighted by molar-refractivity contribution is 6.15. The van der Waals surface area contributed by atoms with Gasteiger partial charge < -0.3 is 15.1 Å². The zero-order valence-electron chi connectivity index (χ0n) is 16.2. The maximum absolute atomic E-state index is 12.8. The van der Waals surface area contributed by atoms with E-state index < -0.39 is 5.23 Å². The molecule has 0 aromatic heterocycles. The van der Waals surface area contributed by atoms with Gasteiger partial charge in [-0.1, -0.05) is 6.92 Å². The average Bonchev–Trinajstić information content (AvgIpc) is 3.00. The number of likely N-dealkylation sites (tertiary alicyclic amines) is 1. The zero-order valence-corrected chi connectivity index (χ0v) is 16.2. The molecule has 2 aromatic rings. The zero-order chi connectivity index (χ0) is 20.5. The minimum absolute atomic E-state index is 0.127. The van der Waals surface area contributed by atoms with Gasteiger partial charge >= 0.3 is 0 Å². The Kier molecular flexibility index (Phi) is 5.38. The summed E-state index contributed by atoms with van der Waals surface area (Å²) in [5.74, 6) is 1.08. The number of phenols is 1. The molecule has 0 spiro atoms. The molecule has 3 N–H and O–H groups in total. The molecule has 2 atom stereocenters. The standard InChI is InChI=1S/C22H24N2O5/c1-14-3-2-10-23(12-14)13-18-19(25)9-8-17-21(26)20(29-22(17)18)11-15-4-6-16(7-5-15)24(27)28/h4-9,11,14,24-25,27H,2-3,10,12-13H2,1H3. The van der Waals surface area contributed by atoms with E-state index in [0.717, 1.165) is 19.5 Å². The molecule has 1 fully saturated rings. The van der Waals surface area contributed by atoms with Gasteiger partial charge in [0.1, 0.15) is 11.5 Å². The number of quaternary nitrogens is 1. The first-order chi connectivity index (χ1) is 13.9. The average molecular weight is 396 g/mol. The topological polar surface area (TPSA) is 97.5 Å². The molecule has 2 aromatic carbocycles. The number of ether oxygens (including phenoxy) is 1. The van der Waals surface area contributed by atoms with E-state index in [9.17, 15) is 15.1 Å². The van der Waals surface area contributed by atoms with E-state index in [2.05, 4.69) is 11.8 Å². The predicted octanol–water partition coefficient (Wildman–Crippen LogP) is 2.64. The van der Waals surface area contributed by atoms with Crippen LogP contribution in [0.4, 0.5) is 5.69 Å². The third-order valence-electron chi connectivity index (χ3n) is 5.49. The van der Waals surface area contributed by atoms with E-state index in [0.29, 0.717) is 34.9 Å². The van der Waals surface area contributed by atoms with Gasteiger partial charge in [-0.15, -0.1) is 0 Å². The van der Waals surface area contributed by atoms with Crippen molar-refractivity contribution < 1.29 is 25.1 Å². The summed E-state index contributed by atoms with van der Waals surface area (Å²) < 4.78 is 5.89. The molecule has 2 aliphatic rings. The van der Waals surface area contributed by atoms with E-state index in [1.54, 1.807) is 30.3 Å². The highest BCUT2D eigenvalue weighted by Gasteiger charge is 2.32. The Morgan fingerprint density at radius 2 is 2.03 bits per heavy atom. The van der Waals surface area contributed by atoms with Gasteiger partial charge in [-0.2, -0.15) is 5.23 Å². The number of allylic oxidation sites excluding steroid dienone is 1. The number of aromatic hydroxyl groups is 1. The smallest absolute Gasteiger partial charge is 0.231 e. The third-order valence-corrected chi connectivity index (χ3v) is 5.49. The Labute approximate surface area is 169 Å². The van der Waals surface area contributed by atoms with Crippen LogP contribution in [0.2, 0.25) is 0 Å². The van der Waals surface area contributed by atoms with Gasteiger partial charge in [0, 0.05) is 25.2 Å². The number of nitrogens with one attached hydrogen (secondary N) is 1. The molecular formula is C22H24N2O5. The SMILES string of the molecule is CC1CCCN(Cc2c(O)ccc3c2OC(=Cc2ccc([NH+]([O-])O)cc2)C3=O)C1. The summed E-state index contributed by atoms with van der Waals surface area (Å²) >= 11 is 0. The van der Waals surface area contributed by atoms with Crippen molar-refractivity contribution >= 4 is 17.5 Å². The van der Waals surface area contributed by atoms with Gasteiger partial charge in [-0.25, -0.2) is 5.21 Å². The molecule has 7 nitrogen and oxygen atoms in total. The first kappa shape index (κ1) is 19.6. The number of rotatable bonds is 4. The fourth-order valence-corrected chi connectivity index (χ4v) is 3.98. The van der Waals surface area contributed by atoms with Gasteiger partial charge in [-0.3, -0.25) is 9.69 Å². The van der Waals surface area contributed by atoms with Crippen LogP contribution >= 0.6 is 0 Å². The molecule has 2 heterocycles. The second-order valence-electron chi connectivity index (χ2n) is 7.79. The Morgan fingerprint density at radius 3 is 2.72 bits per heavy atom. The normalized spacial score (nSPS) is 21.8. The van der Waals surface area contributed by atoms with E-state index in [4.69, 9.17) is 9.94 Å². The van der Waals surface area contributed by atoms with Crippen LogP contribution in [0.15, 0.2) is 42.2 Å². The summed E-state index contributed by atoms with van der Waals surface area (Å²) in [5, 5.41) is 29.4. The molecule has 2 aliphatic heterocycles. The highest BCUT2D eigenvalue weighted by Crippen LogP contribution is 2.40. The van der Waals surface area contributed by atoms with Crippen molar-refractivity contribution in [3.8, 4) is 11.5 Å². The van der Waals surface area contributed by atoms with Crippen molar-refractivity contribution in [1.82, 2.24) is 4.90 Å². The molecule has 2 unspecified atom stereocenters. The molecule has 152 valence electrons. The van der Waals surface area contributed by atoms with Crippen molar-refractivity contribution in [1.29, 1.82) is 0 Å². The summed E-state index contributed by atoms with van der Waals surface area (Å²) in [7, 11) is 0. The number of phenolic OH excluding ortho intramolecular Hbond substituents is 1. The maximum Gasteiger partial charge on any atom is 0.231 e. The van der Waals surface area contributed by atoms with E-state index in [1.165, 1.54) is 18.6 Å². The number of carbonyl (C=O) groups is 1. The number of ketones is 1. The Balaban J connectivity index is 1.60. The molecule has 29 heavy (non-hydrogen) atoms. The molecular weight excluding hydrogens is 372 g/mol. The molecule has 1 saturated heterocycles. The summed E-state index contributed by atoms with van der Waals surface area (Å²) in [6, 6.07) is 9.36. The van der Waals surface area contributed by atoms with E-state index in [-0.39, 0.29) is 23.0 Å². The lowest BCUT2D eigenvalue weighted by molar-refractivity contribution is -0.991. The second kappa shape index (κ2) is 7.96. The predicted molar refractivity (Wildman–Crippen MR) is 107 cm³/mol. The quantitative estimate of drug-likeness (QED) is 0.543. The van der Waals surface area contributed by atoms with Gasteiger partial charge in [0.15, 0.2) is 11.4 Å². The summed E-state index contributed by atoms with van der Waals surface area (Å²) in [6.07, 6.45) is 3.92. The molecule has 0 aliphatic carbocycles. The lowest BCUT2D eigenvalue weighted by atomic mass is 9.99. The fraction of sp³-hybridized carbons (Fsp3) is 0.318. The summed E-state index contributed by atoms with van der Waals surface area (Å²) in [4.78, 5) is 15.1. The molecule has 4 rings (SSSR count). The fourth-order valence-electron chi connectivity index (χ4n) is 3.98. The Bertz CT molecular complexity index is 952. The molecule has 0 saturated carbocycles. The second-order valence-corrected chi connectivity index (χ2v) is 7.79. The van der Waals surface area contributed by atoms with E-state index >= 15 is 0 Å². The Hall–Kier alpha value is -2.71. The van der Waals surface area contributed by atoms with Crippen LogP contribution in [0.25, 0.3) is 6.08 Å². The minimum Gasteiger partial charge on any atom is -0.595 e. The number of Topliss-reactive ketones (excluding diaryl/α,β-unsaturated/α-hetero) is 1. The van der Waals surface area contributed by atoms with Crippen LogP contribution in [0, 0.1) is 11.1 Å². The molecule has 0 radical (unpaired) electrons.